The van der Waals surface area contributed by atoms with Crippen LogP contribution in [0.5, 0.6) is 5.75 Å². The van der Waals surface area contributed by atoms with Crippen molar-refractivity contribution in [3.05, 3.63) is 58.1 Å². The van der Waals surface area contributed by atoms with Gasteiger partial charge in [-0.1, -0.05) is 37.6 Å². The summed E-state index contributed by atoms with van der Waals surface area (Å²) in [5.41, 5.74) is 8.15. The van der Waals surface area contributed by atoms with Crippen molar-refractivity contribution in [3.8, 4) is 5.75 Å². The van der Waals surface area contributed by atoms with E-state index in [1.807, 2.05) is 19.9 Å². The second kappa shape index (κ2) is 9.99. The molecule has 1 heterocycles. The molecule has 0 atom stereocenters. The van der Waals surface area contributed by atoms with Crippen LogP contribution >= 0.6 is 11.6 Å². The van der Waals surface area contributed by atoms with Gasteiger partial charge in [-0.05, 0) is 41.3 Å². The summed E-state index contributed by atoms with van der Waals surface area (Å²) >= 11 is 6.05. The van der Waals surface area contributed by atoms with Gasteiger partial charge in [0.05, 0.1) is 17.8 Å². The molecule has 1 amide bonds. The molecule has 1 aliphatic heterocycles. The Balaban J connectivity index is 1.78. The quantitative estimate of drug-likeness (QED) is 0.554. The van der Waals surface area contributed by atoms with Crippen molar-refractivity contribution in [2.75, 3.05) is 26.0 Å². The monoisotopic (exact) mass is 465 g/mol. The van der Waals surface area contributed by atoms with E-state index in [-0.39, 0.29) is 34.9 Å². The van der Waals surface area contributed by atoms with Gasteiger partial charge in [0, 0.05) is 36.1 Å². The first-order chi connectivity index (χ1) is 14.7. The number of ether oxygens (including phenoxy) is 1. The molecule has 0 aliphatic carbocycles. The van der Waals surface area contributed by atoms with Crippen LogP contribution in [0.25, 0.3) is 0 Å². The Morgan fingerprint density at radius 2 is 1.90 bits per heavy atom. The van der Waals surface area contributed by atoms with Crippen LogP contribution < -0.4 is 20.9 Å². The Kier molecular flexibility index (Phi) is 7.59. The van der Waals surface area contributed by atoms with E-state index >= 15 is 0 Å². The minimum atomic E-state index is -3.52. The molecule has 2 aromatic carbocycles. The Labute approximate surface area is 188 Å². The highest BCUT2D eigenvalue weighted by molar-refractivity contribution is 7.91. The number of carbonyl (C=O) groups is 1. The van der Waals surface area contributed by atoms with E-state index in [2.05, 4.69) is 16.2 Å². The number of hydrazine groups is 1. The number of amides is 1. The Bertz CT molecular complexity index is 1050. The van der Waals surface area contributed by atoms with E-state index < -0.39 is 9.84 Å². The van der Waals surface area contributed by atoms with E-state index in [9.17, 15) is 13.2 Å². The third-order valence-electron chi connectivity index (χ3n) is 5.11. The molecule has 31 heavy (non-hydrogen) atoms. The average Bonchev–Trinajstić information content (AvgIpc) is 3.25. The van der Waals surface area contributed by atoms with Gasteiger partial charge in [0.15, 0.2) is 9.84 Å². The summed E-state index contributed by atoms with van der Waals surface area (Å²) in [6.45, 7) is 5.33. The summed E-state index contributed by atoms with van der Waals surface area (Å²) in [5.74, 6) is 0.583. The molecule has 3 rings (SSSR count). The number of carbonyl (C=O) groups excluding carboxylic acids is 1. The molecular formula is C22H28ClN3O4S. The summed E-state index contributed by atoms with van der Waals surface area (Å²) in [6, 6.07) is 10.1. The molecule has 168 valence electrons. The minimum absolute atomic E-state index is 0.0117. The van der Waals surface area contributed by atoms with E-state index in [0.717, 1.165) is 18.7 Å². The highest BCUT2D eigenvalue weighted by atomic mass is 35.5. The zero-order chi connectivity index (χ0) is 22.6. The molecule has 1 fully saturated rings. The topological polar surface area (TPSA) is 96.5 Å². The number of hydrogen-bond acceptors (Lipinski definition) is 6. The molecule has 1 aliphatic rings. The fraction of sp³-hybridized carbons (Fsp3) is 0.409. The molecule has 0 saturated carbocycles. The van der Waals surface area contributed by atoms with Crippen LogP contribution in [-0.2, 0) is 16.4 Å². The molecule has 7 nitrogen and oxygen atoms in total. The first-order valence-electron chi connectivity index (χ1n) is 10.1. The Morgan fingerprint density at radius 1 is 1.19 bits per heavy atom. The van der Waals surface area contributed by atoms with Crippen LogP contribution in [-0.4, -0.2) is 40.3 Å². The van der Waals surface area contributed by atoms with Crippen molar-refractivity contribution < 1.29 is 17.9 Å². The van der Waals surface area contributed by atoms with Crippen LogP contribution in [0.15, 0.2) is 41.3 Å². The van der Waals surface area contributed by atoms with Gasteiger partial charge in [0.2, 0.25) is 0 Å². The highest BCUT2D eigenvalue weighted by Crippen LogP contribution is 2.29. The lowest BCUT2D eigenvalue weighted by Crippen LogP contribution is -2.24. The minimum Gasteiger partial charge on any atom is -0.496 e. The van der Waals surface area contributed by atoms with Crippen LogP contribution in [0.1, 0.15) is 41.3 Å². The van der Waals surface area contributed by atoms with Gasteiger partial charge < -0.3 is 10.1 Å². The fourth-order valence-corrected chi connectivity index (χ4v) is 5.78. The van der Waals surface area contributed by atoms with Crippen LogP contribution in [0.3, 0.4) is 0 Å². The summed E-state index contributed by atoms with van der Waals surface area (Å²) in [6.07, 6.45) is 0. The van der Waals surface area contributed by atoms with Crippen molar-refractivity contribution >= 4 is 27.3 Å². The smallest absolute Gasteiger partial charge is 0.251 e. The molecule has 0 aromatic heterocycles. The van der Waals surface area contributed by atoms with Crippen molar-refractivity contribution in [2.45, 2.75) is 31.2 Å². The molecule has 9 heteroatoms. The summed E-state index contributed by atoms with van der Waals surface area (Å²) in [7, 11) is -1.94. The first kappa shape index (κ1) is 23.5. The Morgan fingerprint density at radius 3 is 2.55 bits per heavy atom. The third-order valence-corrected chi connectivity index (χ3v) is 7.50. The van der Waals surface area contributed by atoms with Gasteiger partial charge in [-0.3, -0.25) is 15.6 Å². The van der Waals surface area contributed by atoms with Gasteiger partial charge >= 0.3 is 0 Å². The van der Waals surface area contributed by atoms with Gasteiger partial charge in [0.1, 0.15) is 5.75 Å². The van der Waals surface area contributed by atoms with Gasteiger partial charge in [-0.25, -0.2) is 8.42 Å². The molecular weight excluding hydrogens is 438 g/mol. The molecule has 3 N–H and O–H groups in total. The SMILES string of the molecule is COc1cc(C(=O)NCc2ccc(Cl)cc2S(=O)(=O)CC(C)C)ccc1C1CNNC1. The lowest BCUT2D eigenvalue weighted by atomic mass is 9.97. The summed E-state index contributed by atoms with van der Waals surface area (Å²) in [4.78, 5) is 12.9. The lowest BCUT2D eigenvalue weighted by molar-refractivity contribution is 0.0950. The van der Waals surface area contributed by atoms with Crippen molar-refractivity contribution in [1.82, 2.24) is 16.2 Å². The van der Waals surface area contributed by atoms with Gasteiger partial charge in [-0.15, -0.1) is 0 Å². The zero-order valence-corrected chi connectivity index (χ0v) is 19.4. The second-order valence-corrected chi connectivity index (χ2v) is 10.5. The largest absolute Gasteiger partial charge is 0.496 e. The molecule has 0 radical (unpaired) electrons. The van der Waals surface area contributed by atoms with E-state index in [1.54, 1.807) is 31.4 Å². The zero-order valence-electron chi connectivity index (χ0n) is 17.9. The van der Waals surface area contributed by atoms with Gasteiger partial charge in [-0.2, -0.15) is 0 Å². The fourth-order valence-electron chi connectivity index (χ4n) is 3.64. The number of sulfone groups is 1. The molecule has 0 bridgehead atoms. The van der Waals surface area contributed by atoms with E-state index in [1.165, 1.54) is 6.07 Å². The maximum absolute atomic E-state index is 12.8. The van der Waals surface area contributed by atoms with Gasteiger partial charge in [0.25, 0.3) is 5.91 Å². The average molecular weight is 466 g/mol. The number of methoxy groups -OCH3 is 1. The second-order valence-electron chi connectivity index (χ2n) is 8.03. The third kappa shape index (κ3) is 5.77. The molecule has 1 saturated heterocycles. The van der Waals surface area contributed by atoms with E-state index in [0.29, 0.717) is 21.9 Å². The number of hydrogen-bond donors (Lipinski definition) is 3. The highest BCUT2D eigenvalue weighted by Gasteiger charge is 2.23. The predicted octanol–water partition coefficient (Wildman–Crippen LogP) is 2.90. The maximum atomic E-state index is 12.8. The first-order valence-corrected chi connectivity index (χ1v) is 12.2. The maximum Gasteiger partial charge on any atom is 0.251 e. The lowest BCUT2D eigenvalue weighted by Gasteiger charge is -2.16. The van der Waals surface area contributed by atoms with Crippen molar-refractivity contribution in [3.63, 3.8) is 0 Å². The van der Waals surface area contributed by atoms with Crippen LogP contribution in [0, 0.1) is 5.92 Å². The molecule has 0 unspecified atom stereocenters. The number of rotatable bonds is 8. The normalized spacial score (nSPS) is 14.7. The summed E-state index contributed by atoms with van der Waals surface area (Å²) < 4.78 is 31.1. The predicted molar refractivity (Wildman–Crippen MR) is 121 cm³/mol. The van der Waals surface area contributed by atoms with Crippen molar-refractivity contribution in [1.29, 1.82) is 0 Å². The number of benzene rings is 2. The van der Waals surface area contributed by atoms with E-state index in [4.69, 9.17) is 16.3 Å². The standard InChI is InChI=1S/C22H28ClN3O4S/c1-14(2)13-31(28,29)21-9-18(23)6-4-16(21)10-24-22(27)15-5-7-19(20(8-15)30-3)17-11-25-26-12-17/h4-9,14,17,25-26H,10-13H2,1-3H3,(H,24,27). The molecule has 2 aromatic rings. The van der Waals surface area contributed by atoms with Crippen LogP contribution in [0.2, 0.25) is 5.02 Å². The number of halogens is 1. The van der Waals surface area contributed by atoms with Crippen LogP contribution in [0.4, 0.5) is 0 Å². The molecule has 0 spiro atoms. The Hall–Kier alpha value is -2.13. The summed E-state index contributed by atoms with van der Waals surface area (Å²) in [5, 5.41) is 3.16. The number of nitrogens with one attached hydrogen (secondary N) is 3. The van der Waals surface area contributed by atoms with Crippen molar-refractivity contribution in [2.24, 2.45) is 5.92 Å².